The van der Waals surface area contributed by atoms with Crippen molar-refractivity contribution < 1.29 is 21.2 Å². The van der Waals surface area contributed by atoms with E-state index in [4.69, 9.17) is 9.15 Å². The molecule has 2 aromatic heterocycles. The van der Waals surface area contributed by atoms with E-state index in [0.717, 1.165) is 38.0 Å². The second-order valence-corrected chi connectivity index (χ2v) is 8.69. The number of hydrogen-bond donors (Lipinski definition) is 2. The number of urea groups is 1. The SMILES string of the molecule is Cc1c([C@H](NC(=O)Nc2cnc(N3CCCCCOC3)nc2)C(C)C)oc2ccc(F)cc12.[HH].[HH]. The van der Waals surface area contributed by atoms with E-state index in [1.165, 1.54) is 12.1 Å². The lowest BCUT2D eigenvalue weighted by molar-refractivity contribution is 0.121. The molecule has 1 saturated heterocycles. The Labute approximate surface area is 195 Å². The van der Waals surface area contributed by atoms with E-state index in [1.807, 2.05) is 25.7 Å². The molecule has 1 fully saturated rings. The number of aromatic nitrogens is 2. The molecule has 1 aliphatic heterocycles. The van der Waals surface area contributed by atoms with Gasteiger partial charge in [-0.05, 0) is 50.3 Å². The summed E-state index contributed by atoms with van der Waals surface area (Å²) in [5.41, 5.74) is 1.88. The second-order valence-electron chi connectivity index (χ2n) is 8.69. The van der Waals surface area contributed by atoms with Crippen molar-refractivity contribution in [3.05, 3.63) is 47.7 Å². The van der Waals surface area contributed by atoms with Gasteiger partial charge in [0.05, 0.1) is 24.1 Å². The monoisotopic (exact) mass is 459 g/mol. The Morgan fingerprint density at radius 2 is 2.00 bits per heavy atom. The molecule has 0 bridgehead atoms. The van der Waals surface area contributed by atoms with Crippen LogP contribution in [-0.2, 0) is 4.74 Å². The number of rotatable bonds is 5. The van der Waals surface area contributed by atoms with Crippen LogP contribution in [0, 0.1) is 18.7 Å². The zero-order valence-corrected chi connectivity index (χ0v) is 19.2. The zero-order chi connectivity index (χ0) is 23.4. The number of ether oxygens (including phenoxy) is 1. The minimum absolute atomic E-state index is 0. The molecule has 2 N–H and O–H groups in total. The van der Waals surface area contributed by atoms with Crippen LogP contribution in [0.1, 0.15) is 53.3 Å². The van der Waals surface area contributed by atoms with Crippen LogP contribution in [0.3, 0.4) is 0 Å². The molecule has 1 atom stereocenters. The summed E-state index contributed by atoms with van der Waals surface area (Å²) in [6.07, 6.45) is 6.43. The number of fused-ring (bicyclic) bond motifs is 1. The first-order chi connectivity index (χ1) is 15.9. The van der Waals surface area contributed by atoms with Crippen molar-refractivity contribution in [2.24, 2.45) is 5.92 Å². The Kier molecular flexibility index (Phi) is 7.08. The van der Waals surface area contributed by atoms with E-state index in [1.54, 1.807) is 18.5 Å². The van der Waals surface area contributed by atoms with Crippen LogP contribution in [-0.4, -0.2) is 35.9 Å². The number of halogens is 1. The average Bonchev–Trinajstić information content (AvgIpc) is 3.08. The van der Waals surface area contributed by atoms with Crippen LogP contribution >= 0.6 is 0 Å². The smallest absolute Gasteiger partial charge is 0.319 e. The molecule has 8 nitrogen and oxygen atoms in total. The van der Waals surface area contributed by atoms with E-state index >= 15 is 0 Å². The van der Waals surface area contributed by atoms with Gasteiger partial charge in [0.15, 0.2) is 0 Å². The molecule has 180 valence electrons. The van der Waals surface area contributed by atoms with Crippen molar-refractivity contribution in [2.75, 3.05) is 30.1 Å². The lowest BCUT2D eigenvalue weighted by Gasteiger charge is -2.24. The highest BCUT2D eigenvalue weighted by atomic mass is 19.1. The highest BCUT2D eigenvalue weighted by Gasteiger charge is 2.25. The third-order valence-electron chi connectivity index (χ3n) is 5.81. The molecule has 33 heavy (non-hydrogen) atoms. The number of nitrogens with zero attached hydrogens (tertiary/aromatic N) is 3. The van der Waals surface area contributed by atoms with Crippen LogP contribution in [0.5, 0.6) is 0 Å². The van der Waals surface area contributed by atoms with E-state index < -0.39 is 6.03 Å². The number of hydrogen-bond acceptors (Lipinski definition) is 6. The molecule has 1 aliphatic rings. The molecule has 9 heteroatoms. The Hall–Kier alpha value is -3.20. The fourth-order valence-electron chi connectivity index (χ4n) is 3.98. The van der Waals surface area contributed by atoms with Crippen LogP contribution in [0.25, 0.3) is 11.0 Å². The summed E-state index contributed by atoms with van der Waals surface area (Å²) in [5.74, 6) is 0.915. The van der Waals surface area contributed by atoms with Crippen LogP contribution in [0.15, 0.2) is 35.0 Å². The summed E-state index contributed by atoms with van der Waals surface area (Å²) in [5, 5.41) is 6.46. The molecular weight excluding hydrogens is 425 g/mol. The van der Waals surface area contributed by atoms with E-state index in [9.17, 15) is 9.18 Å². The molecule has 2 amide bonds. The Morgan fingerprint density at radius 3 is 2.76 bits per heavy atom. The topological polar surface area (TPSA) is 92.5 Å². The van der Waals surface area contributed by atoms with Crippen molar-refractivity contribution >= 4 is 28.6 Å². The van der Waals surface area contributed by atoms with Gasteiger partial charge in [-0.2, -0.15) is 0 Å². The van der Waals surface area contributed by atoms with Crippen molar-refractivity contribution in [3.8, 4) is 0 Å². The maximum Gasteiger partial charge on any atom is 0.319 e. The first-order valence-electron chi connectivity index (χ1n) is 11.3. The van der Waals surface area contributed by atoms with E-state index in [-0.39, 0.29) is 20.6 Å². The van der Waals surface area contributed by atoms with Gasteiger partial charge in [-0.1, -0.05) is 13.8 Å². The number of aryl methyl sites for hydroxylation is 1. The van der Waals surface area contributed by atoms with Gasteiger partial charge >= 0.3 is 6.03 Å². The van der Waals surface area contributed by atoms with Gasteiger partial charge in [-0.3, -0.25) is 0 Å². The first kappa shape index (κ1) is 23.0. The van der Waals surface area contributed by atoms with Gasteiger partial charge < -0.3 is 24.7 Å². The lowest BCUT2D eigenvalue weighted by atomic mass is 9.98. The fourth-order valence-corrected chi connectivity index (χ4v) is 3.98. The zero-order valence-electron chi connectivity index (χ0n) is 19.2. The normalized spacial score (nSPS) is 15.8. The van der Waals surface area contributed by atoms with Crippen molar-refractivity contribution in [3.63, 3.8) is 0 Å². The molecule has 0 spiro atoms. The summed E-state index contributed by atoms with van der Waals surface area (Å²) in [4.78, 5) is 23.5. The van der Waals surface area contributed by atoms with Crippen LogP contribution < -0.4 is 15.5 Å². The predicted molar refractivity (Wildman–Crippen MR) is 129 cm³/mol. The molecule has 0 unspecified atom stereocenters. The van der Waals surface area contributed by atoms with Gasteiger partial charge in [0.1, 0.15) is 23.9 Å². The quantitative estimate of drug-likeness (QED) is 0.513. The highest BCUT2D eigenvalue weighted by molar-refractivity contribution is 5.89. The number of carbonyl (C=O) groups excluding carboxylic acids is 1. The second kappa shape index (κ2) is 10.2. The largest absolute Gasteiger partial charge is 0.459 e. The standard InChI is InChI=1S/C24H30FN5O3.2H2/c1-15(2)21(22-16(3)19-11-17(25)7-8-20(19)33-22)29-24(31)28-18-12-26-23(27-13-18)30-9-5-4-6-10-32-14-30;;/h7-8,11-13,15,21H,4-6,9-10,14H2,1-3H3,(H2,28,29,31);2*1H/t21-;;/m1../s1. The molecule has 0 aliphatic carbocycles. The summed E-state index contributed by atoms with van der Waals surface area (Å²) >= 11 is 0. The first-order valence-corrected chi connectivity index (χ1v) is 11.3. The van der Waals surface area contributed by atoms with Gasteiger partial charge in [0.25, 0.3) is 0 Å². The van der Waals surface area contributed by atoms with Crippen LogP contribution in [0.2, 0.25) is 0 Å². The van der Waals surface area contributed by atoms with Gasteiger partial charge in [0.2, 0.25) is 5.95 Å². The minimum Gasteiger partial charge on any atom is -0.459 e. The third kappa shape index (κ3) is 5.42. The van der Waals surface area contributed by atoms with E-state index in [2.05, 4.69) is 20.6 Å². The van der Waals surface area contributed by atoms with Gasteiger partial charge in [0, 0.05) is 27.0 Å². The van der Waals surface area contributed by atoms with E-state index in [0.29, 0.717) is 35.1 Å². The molecule has 3 heterocycles. The van der Waals surface area contributed by atoms with Crippen molar-refractivity contribution in [1.82, 2.24) is 15.3 Å². The van der Waals surface area contributed by atoms with Crippen LogP contribution in [0.4, 0.5) is 20.8 Å². The Balaban J connectivity index is 0.00000216. The molecular formula is C24H34FN5O3. The number of nitrogens with one attached hydrogen (secondary N) is 2. The number of benzene rings is 1. The molecule has 0 radical (unpaired) electrons. The molecule has 3 aromatic rings. The average molecular weight is 460 g/mol. The lowest BCUT2D eigenvalue weighted by Crippen LogP contribution is -2.35. The number of furan rings is 1. The molecule has 0 saturated carbocycles. The number of amides is 2. The maximum atomic E-state index is 13.7. The van der Waals surface area contributed by atoms with Gasteiger partial charge in [-0.15, -0.1) is 0 Å². The number of carbonyl (C=O) groups is 1. The molecule has 4 rings (SSSR count). The molecule has 1 aromatic carbocycles. The summed E-state index contributed by atoms with van der Waals surface area (Å²) in [6, 6.07) is 3.63. The summed E-state index contributed by atoms with van der Waals surface area (Å²) < 4.78 is 25.3. The summed E-state index contributed by atoms with van der Waals surface area (Å²) in [7, 11) is 0. The fraction of sp³-hybridized carbons (Fsp3) is 0.458. The Morgan fingerprint density at radius 1 is 1.21 bits per heavy atom. The van der Waals surface area contributed by atoms with Crippen molar-refractivity contribution in [1.29, 1.82) is 0 Å². The van der Waals surface area contributed by atoms with Crippen molar-refractivity contribution in [2.45, 2.75) is 46.1 Å². The minimum atomic E-state index is -0.398. The Bertz CT molecular complexity index is 1100. The maximum absolute atomic E-state index is 13.7. The number of anilines is 2. The summed E-state index contributed by atoms with van der Waals surface area (Å²) in [6.45, 7) is 7.89. The van der Waals surface area contributed by atoms with Gasteiger partial charge in [-0.25, -0.2) is 19.2 Å². The highest BCUT2D eigenvalue weighted by Crippen LogP contribution is 2.33. The third-order valence-corrected chi connectivity index (χ3v) is 5.81. The predicted octanol–water partition coefficient (Wildman–Crippen LogP) is 5.65.